The molecule has 0 fully saturated rings. The fourth-order valence-electron chi connectivity index (χ4n) is 1.66. The van der Waals surface area contributed by atoms with E-state index >= 15 is 0 Å². The summed E-state index contributed by atoms with van der Waals surface area (Å²) in [4.78, 5) is 15.9. The first kappa shape index (κ1) is 13.5. The second-order valence-corrected chi connectivity index (χ2v) is 4.95. The smallest absolute Gasteiger partial charge is 0.341 e. The number of carbonyl (C=O) groups excluding carboxylic acids is 1. The zero-order valence-corrected chi connectivity index (χ0v) is 12.2. The van der Waals surface area contributed by atoms with Crippen molar-refractivity contribution >= 4 is 33.4 Å². The first-order valence-corrected chi connectivity index (χ1v) is 6.47. The van der Waals surface area contributed by atoms with E-state index in [0.717, 1.165) is 15.7 Å². The van der Waals surface area contributed by atoms with Crippen molar-refractivity contribution in [1.29, 1.82) is 0 Å². The van der Waals surface area contributed by atoms with E-state index in [1.807, 2.05) is 31.2 Å². The van der Waals surface area contributed by atoms with Gasteiger partial charge in [0, 0.05) is 16.4 Å². The van der Waals surface area contributed by atoms with Gasteiger partial charge in [-0.15, -0.1) is 0 Å². The molecule has 2 aromatic rings. The second-order valence-electron chi connectivity index (χ2n) is 4.04. The van der Waals surface area contributed by atoms with E-state index in [2.05, 4.69) is 26.2 Å². The molecule has 0 aliphatic heterocycles. The van der Waals surface area contributed by atoms with E-state index in [-0.39, 0.29) is 0 Å². The molecule has 0 aliphatic carbocycles. The van der Waals surface area contributed by atoms with Gasteiger partial charge < -0.3 is 10.1 Å². The Kier molecular flexibility index (Phi) is 4.16. The van der Waals surface area contributed by atoms with Crippen LogP contribution in [-0.2, 0) is 4.74 Å². The van der Waals surface area contributed by atoms with Crippen LogP contribution < -0.4 is 5.32 Å². The van der Waals surface area contributed by atoms with E-state index in [9.17, 15) is 4.79 Å². The maximum Gasteiger partial charge on any atom is 0.341 e. The number of nitrogens with zero attached hydrogens (tertiary/aromatic N) is 1. The number of aromatic nitrogens is 1. The molecule has 1 aromatic carbocycles. The Hall–Kier alpha value is -1.88. The summed E-state index contributed by atoms with van der Waals surface area (Å²) in [5.74, 6) is 0.0459. The number of nitrogens with one attached hydrogen (secondary N) is 1. The van der Waals surface area contributed by atoms with Gasteiger partial charge in [0.25, 0.3) is 0 Å². The number of pyridine rings is 1. The third-order valence-corrected chi connectivity index (χ3v) is 2.97. The molecule has 0 amide bonds. The lowest BCUT2D eigenvalue weighted by molar-refractivity contribution is 0.0601. The lowest BCUT2D eigenvalue weighted by Gasteiger charge is -2.10. The van der Waals surface area contributed by atoms with Crippen LogP contribution in [0.5, 0.6) is 0 Å². The molecule has 5 heteroatoms. The molecule has 0 atom stereocenters. The average molecular weight is 321 g/mol. The zero-order chi connectivity index (χ0) is 13.8. The summed E-state index contributed by atoms with van der Waals surface area (Å²) in [5.41, 5.74) is 2.39. The van der Waals surface area contributed by atoms with Gasteiger partial charge in [0.2, 0.25) is 0 Å². The number of ether oxygens (including phenoxy) is 1. The number of methoxy groups -OCH3 is 1. The molecule has 1 aromatic heterocycles. The van der Waals surface area contributed by atoms with Crippen molar-refractivity contribution in [2.24, 2.45) is 0 Å². The van der Waals surface area contributed by atoms with Gasteiger partial charge in [0.1, 0.15) is 11.4 Å². The van der Waals surface area contributed by atoms with Crippen LogP contribution in [0.15, 0.2) is 41.0 Å². The molecular formula is C14H13BrN2O2. The van der Waals surface area contributed by atoms with Gasteiger partial charge in [0.15, 0.2) is 0 Å². The molecular weight excluding hydrogens is 308 g/mol. The van der Waals surface area contributed by atoms with Crippen molar-refractivity contribution in [3.8, 4) is 0 Å². The van der Waals surface area contributed by atoms with E-state index in [1.54, 1.807) is 12.3 Å². The maximum atomic E-state index is 11.7. The Balaban J connectivity index is 2.37. The molecule has 0 saturated carbocycles. The van der Waals surface area contributed by atoms with Crippen LogP contribution in [-0.4, -0.2) is 18.1 Å². The van der Waals surface area contributed by atoms with Crippen molar-refractivity contribution in [2.45, 2.75) is 6.92 Å². The van der Waals surface area contributed by atoms with Gasteiger partial charge >= 0.3 is 5.97 Å². The van der Waals surface area contributed by atoms with Gasteiger partial charge in [-0.1, -0.05) is 12.1 Å². The van der Waals surface area contributed by atoms with Gasteiger partial charge in [-0.05, 0) is 46.6 Å². The monoisotopic (exact) mass is 320 g/mol. The highest BCUT2D eigenvalue weighted by Gasteiger charge is 2.14. The number of aryl methyl sites for hydroxylation is 1. The van der Waals surface area contributed by atoms with Crippen LogP contribution >= 0.6 is 15.9 Å². The summed E-state index contributed by atoms with van der Waals surface area (Å²) in [6.07, 6.45) is 1.63. The van der Waals surface area contributed by atoms with Crippen LogP contribution in [0.3, 0.4) is 0 Å². The van der Waals surface area contributed by atoms with Crippen molar-refractivity contribution in [2.75, 3.05) is 12.4 Å². The Morgan fingerprint density at radius 3 is 2.84 bits per heavy atom. The van der Waals surface area contributed by atoms with Crippen LogP contribution in [0.25, 0.3) is 0 Å². The number of benzene rings is 1. The quantitative estimate of drug-likeness (QED) is 0.876. The third-order valence-electron chi connectivity index (χ3n) is 2.54. The molecule has 0 unspecified atom stereocenters. The molecule has 4 nitrogen and oxygen atoms in total. The number of hydrogen-bond donors (Lipinski definition) is 1. The van der Waals surface area contributed by atoms with E-state index in [1.165, 1.54) is 7.11 Å². The molecule has 1 N–H and O–H groups in total. The number of carbonyl (C=O) groups is 1. The molecule has 19 heavy (non-hydrogen) atoms. The maximum absolute atomic E-state index is 11.7. The van der Waals surface area contributed by atoms with Gasteiger partial charge in [-0.2, -0.15) is 0 Å². The third kappa shape index (κ3) is 3.32. The molecule has 0 spiro atoms. The summed E-state index contributed by atoms with van der Waals surface area (Å²) in [5, 5.41) is 3.12. The van der Waals surface area contributed by atoms with Gasteiger partial charge in [-0.3, -0.25) is 0 Å². The summed E-state index contributed by atoms with van der Waals surface area (Å²) in [6, 6.07) is 9.51. The Bertz CT molecular complexity index is 614. The van der Waals surface area contributed by atoms with Crippen molar-refractivity contribution in [3.05, 3.63) is 52.1 Å². The minimum Gasteiger partial charge on any atom is -0.465 e. The van der Waals surface area contributed by atoms with Crippen molar-refractivity contribution in [3.63, 3.8) is 0 Å². The summed E-state index contributed by atoms with van der Waals surface area (Å²) in [7, 11) is 1.35. The number of rotatable bonds is 3. The lowest BCUT2D eigenvalue weighted by atomic mass is 10.2. The molecule has 0 saturated heterocycles. The lowest BCUT2D eigenvalue weighted by Crippen LogP contribution is -2.07. The number of halogens is 1. The largest absolute Gasteiger partial charge is 0.465 e. The normalized spacial score (nSPS) is 10.1. The fourth-order valence-corrected chi connectivity index (χ4v) is 2.00. The highest BCUT2D eigenvalue weighted by atomic mass is 79.9. The minimum atomic E-state index is -0.427. The molecule has 0 radical (unpaired) electrons. The van der Waals surface area contributed by atoms with Gasteiger partial charge in [-0.25, -0.2) is 9.78 Å². The van der Waals surface area contributed by atoms with E-state index < -0.39 is 5.97 Å². The second kappa shape index (κ2) is 5.84. The van der Waals surface area contributed by atoms with Crippen LogP contribution in [0.1, 0.15) is 15.9 Å². The van der Waals surface area contributed by atoms with Crippen LogP contribution in [0.4, 0.5) is 11.5 Å². The average Bonchev–Trinajstić information content (AvgIpc) is 2.40. The topological polar surface area (TPSA) is 51.2 Å². The van der Waals surface area contributed by atoms with Gasteiger partial charge in [0.05, 0.1) is 7.11 Å². The first-order valence-electron chi connectivity index (χ1n) is 5.67. The van der Waals surface area contributed by atoms with Crippen LogP contribution in [0.2, 0.25) is 0 Å². The molecule has 98 valence electrons. The molecule has 0 aliphatic rings. The summed E-state index contributed by atoms with van der Waals surface area (Å²) < 4.78 is 5.48. The standard InChI is InChI=1S/C14H13BrN2O2/c1-9-4-3-5-11(6-9)17-13-12(14(18)19-2)7-10(15)8-16-13/h3-8H,1-2H3,(H,16,17). The number of hydrogen-bond acceptors (Lipinski definition) is 4. The Morgan fingerprint density at radius 1 is 1.37 bits per heavy atom. The summed E-state index contributed by atoms with van der Waals surface area (Å²) >= 11 is 3.29. The minimum absolute atomic E-state index is 0.387. The Labute approximate surface area is 119 Å². The van der Waals surface area contributed by atoms with E-state index in [4.69, 9.17) is 4.74 Å². The highest BCUT2D eigenvalue weighted by Crippen LogP contribution is 2.23. The molecule has 2 rings (SSSR count). The van der Waals surface area contributed by atoms with Crippen molar-refractivity contribution < 1.29 is 9.53 Å². The SMILES string of the molecule is COC(=O)c1cc(Br)cnc1Nc1cccc(C)c1. The molecule has 0 bridgehead atoms. The Morgan fingerprint density at radius 2 is 2.16 bits per heavy atom. The first-order chi connectivity index (χ1) is 9.10. The predicted octanol–water partition coefficient (Wildman–Crippen LogP) is 3.68. The zero-order valence-electron chi connectivity index (χ0n) is 10.6. The number of esters is 1. The number of anilines is 2. The predicted molar refractivity (Wildman–Crippen MR) is 77.7 cm³/mol. The van der Waals surface area contributed by atoms with Crippen LogP contribution in [0, 0.1) is 6.92 Å². The highest BCUT2D eigenvalue weighted by molar-refractivity contribution is 9.10. The van der Waals surface area contributed by atoms with Crippen molar-refractivity contribution in [1.82, 2.24) is 4.98 Å². The fraction of sp³-hybridized carbons (Fsp3) is 0.143. The summed E-state index contributed by atoms with van der Waals surface area (Å²) in [6.45, 7) is 2.00. The van der Waals surface area contributed by atoms with E-state index in [0.29, 0.717) is 11.4 Å². The molecule has 1 heterocycles.